The molecule has 3 aliphatic rings. The van der Waals surface area contributed by atoms with E-state index < -0.39 is 21.5 Å². The second kappa shape index (κ2) is 6.79. The van der Waals surface area contributed by atoms with Crippen LogP contribution in [0.5, 0.6) is 5.88 Å². The van der Waals surface area contributed by atoms with Gasteiger partial charge in [0.1, 0.15) is 4.90 Å². The number of benzene rings is 1. The number of urea groups is 1. The molecule has 9 nitrogen and oxygen atoms in total. The largest absolute Gasteiger partial charge is 0.466 e. The molecule has 1 aromatic heterocycles. The van der Waals surface area contributed by atoms with Crippen LogP contribution in [0.3, 0.4) is 0 Å². The molecule has 2 heterocycles. The molecule has 10 heteroatoms. The number of aliphatic hydroxyl groups is 1. The molecule has 5 rings (SSSR count). The van der Waals surface area contributed by atoms with Gasteiger partial charge in [-0.25, -0.2) is 18.8 Å². The van der Waals surface area contributed by atoms with Crippen LogP contribution in [0.4, 0.5) is 10.5 Å². The van der Waals surface area contributed by atoms with E-state index in [1.807, 2.05) is 0 Å². The highest BCUT2D eigenvalue weighted by atomic mass is 32.2. The Morgan fingerprint density at radius 3 is 2.63 bits per heavy atom. The van der Waals surface area contributed by atoms with Crippen molar-refractivity contribution < 1.29 is 18.8 Å². The molecule has 1 aliphatic heterocycles. The second-order valence-corrected chi connectivity index (χ2v) is 10.3. The maximum atomic E-state index is 13.1. The number of hydrogen-bond acceptors (Lipinski definition) is 5. The molecule has 4 N–H and O–H groups in total. The number of aliphatic hydroxyl groups excluding tert-OH is 1. The zero-order chi connectivity index (χ0) is 21.1. The van der Waals surface area contributed by atoms with E-state index in [4.69, 9.17) is 9.88 Å². The number of carbonyl (C=O) groups excluding carboxylic acids is 1. The first kappa shape index (κ1) is 19.5. The van der Waals surface area contributed by atoms with Crippen LogP contribution in [0.25, 0.3) is 0 Å². The molecule has 2 aromatic rings. The minimum atomic E-state index is -3.58. The maximum Gasteiger partial charge on any atom is 0.354 e. The van der Waals surface area contributed by atoms with Crippen molar-refractivity contribution in [2.45, 2.75) is 62.5 Å². The van der Waals surface area contributed by atoms with Gasteiger partial charge in [-0.05, 0) is 67.7 Å². The number of anilines is 1. The van der Waals surface area contributed by atoms with Crippen LogP contribution in [-0.2, 0) is 42.1 Å². The number of fused-ring (bicyclic) bond motifs is 3. The molecule has 30 heavy (non-hydrogen) atoms. The minimum Gasteiger partial charge on any atom is -0.466 e. The summed E-state index contributed by atoms with van der Waals surface area (Å²) in [5.74, 6) is 0.178. The van der Waals surface area contributed by atoms with E-state index in [1.165, 1.54) is 22.0 Å². The average Bonchev–Trinajstić information content (AvgIpc) is 3.43. The summed E-state index contributed by atoms with van der Waals surface area (Å²) in [4.78, 5) is 12.8. The summed E-state index contributed by atoms with van der Waals surface area (Å²) in [5.41, 5.74) is 4.84. The first-order chi connectivity index (χ1) is 14.3. The van der Waals surface area contributed by atoms with Gasteiger partial charge in [0.05, 0.1) is 19.3 Å². The molecular formula is C20H25N5O4S. The smallest absolute Gasteiger partial charge is 0.354 e. The Balaban J connectivity index is 1.47. The van der Waals surface area contributed by atoms with Crippen LogP contribution in [0.1, 0.15) is 42.0 Å². The molecule has 0 saturated carbocycles. The number of hydrogen-bond donors (Lipinski definition) is 3. The lowest BCUT2D eigenvalue weighted by Crippen LogP contribution is -2.35. The monoisotopic (exact) mass is 431 g/mol. The number of ether oxygens (including phenoxy) is 1. The fourth-order valence-corrected chi connectivity index (χ4v) is 5.69. The summed E-state index contributed by atoms with van der Waals surface area (Å²) in [6.45, 7) is 1.77. The first-order valence-corrected chi connectivity index (χ1v) is 11.8. The SMILES string of the molecule is C[C@@]1(CO)Cn2ncc([S@@](N)(=O)=NC(=O)Nc3c4c(cc5c3CCC5)CCC4)c2O1. The number of nitrogens with one attached hydrogen (secondary N) is 1. The number of nitrogens with two attached hydrogens (primary N) is 1. The van der Waals surface area contributed by atoms with E-state index in [9.17, 15) is 14.1 Å². The zero-order valence-corrected chi connectivity index (χ0v) is 17.6. The molecule has 1 aromatic carbocycles. The van der Waals surface area contributed by atoms with Gasteiger partial charge >= 0.3 is 6.03 Å². The number of carbonyl (C=O) groups is 1. The van der Waals surface area contributed by atoms with Crippen molar-refractivity contribution in [3.8, 4) is 5.88 Å². The number of aryl methyl sites for hydroxylation is 2. The van der Waals surface area contributed by atoms with E-state index in [0.29, 0.717) is 6.54 Å². The van der Waals surface area contributed by atoms with E-state index in [1.54, 1.807) is 6.92 Å². The summed E-state index contributed by atoms with van der Waals surface area (Å²) >= 11 is 0. The predicted octanol–water partition coefficient (Wildman–Crippen LogP) is 1.94. The van der Waals surface area contributed by atoms with Crippen molar-refractivity contribution in [2.24, 2.45) is 9.50 Å². The van der Waals surface area contributed by atoms with Crippen LogP contribution in [0, 0.1) is 0 Å². The molecule has 2 aliphatic carbocycles. The Morgan fingerprint density at radius 1 is 1.33 bits per heavy atom. The van der Waals surface area contributed by atoms with Gasteiger partial charge in [-0.3, -0.25) is 0 Å². The topological polar surface area (TPSA) is 132 Å². The Bertz CT molecular complexity index is 1150. The summed E-state index contributed by atoms with van der Waals surface area (Å²) < 4.78 is 24.1. The molecule has 0 unspecified atom stereocenters. The molecule has 0 fully saturated rings. The van der Waals surface area contributed by atoms with Crippen molar-refractivity contribution in [3.05, 3.63) is 34.5 Å². The van der Waals surface area contributed by atoms with E-state index in [2.05, 4.69) is 20.8 Å². The predicted molar refractivity (Wildman–Crippen MR) is 111 cm³/mol. The van der Waals surface area contributed by atoms with Gasteiger partial charge in [0.25, 0.3) is 0 Å². The molecule has 2 atom stereocenters. The normalized spacial score (nSPS) is 23.3. The summed E-state index contributed by atoms with van der Waals surface area (Å²) in [5, 5.41) is 22.5. The Labute approximate surface area is 174 Å². The maximum absolute atomic E-state index is 13.1. The van der Waals surface area contributed by atoms with Crippen LogP contribution in [0.2, 0.25) is 0 Å². The van der Waals surface area contributed by atoms with Crippen LogP contribution < -0.4 is 15.2 Å². The molecule has 0 radical (unpaired) electrons. The van der Waals surface area contributed by atoms with Gasteiger partial charge < -0.3 is 15.2 Å². The third kappa shape index (κ3) is 3.10. The lowest BCUT2D eigenvalue weighted by molar-refractivity contribution is 0.0399. The van der Waals surface area contributed by atoms with Gasteiger partial charge in [0.2, 0.25) is 5.88 Å². The molecule has 0 spiro atoms. The molecule has 0 bridgehead atoms. The Kier molecular flexibility index (Phi) is 4.42. The highest BCUT2D eigenvalue weighted by Gasteiger charge is 2.39. The summed E-state index contributed by atoms with van der Waals surface area (Å²) in [6, 6.07) is 1.54. The number of nitrogens with zero attached hydrogens (tertiary/aromatic N) is 3. The zero-order valence-electron chi connectivity index (χ0n) is 16.8. The summed E-state index contributed by atoms with van der Waals surface area (Å²) in [7, 11) is -3.58. The van der Waals surface area contributed by atoms with Crippen LogP contribution >= 0.6 is 0 Å². The highest BCUT2D eigenvalue weighted by molar-refractivity contribution is 7.91. The number of rotatable bonds is 3. The molecule has 160 valence electrons. The standard InChI is InChI=1S/C20H25N5O4S/c1-20(11-26)10-25-18(29-20)16(9-22-25)30(21,28)24-19(27)23-17-14-6-2-4-12(14)8-13-5-3-7-15(13)17/h8-9,26H,2-7,10-11H2,1H3,(H3,21,23,24,27,28)/t20-,30-/m0/s1. The second-order valence-electron chi connectivity index (χ2n) is 8.51. The fourth-order valence-electron chi connectivity index (χ4n) is 4.71. The highest BCUT2D eigenvalue weighted by Crippen LogP contribution is 2.39. The van der Waals surface area contributed by atoms with E-state index in [-0.39, 0.29) is 17.4 Å². The third-order valence-corrected chi connectivity index (χ3v) is 7.51. The Hall–Kier alpha value is -2.43. The van der Waals surface area contributed by atoms with Crippen molar-refractivity contribution >= 4 is 21.6 Å². The fraction of sp³-hybridized carbons (Fsp3) is 0.500. The van der Waals surface area contributed by atoms with Gasteiger partial charge in [-0.2, -0.15) is 5.10 Å². The average molecular weight is 432 g/mol. The van der Waals surface area contributed by atoms with Crippen molar-refractivity contribution in [1.29, 1.82) is 0 Å². The van der Waals surface area contributed by atoms with Crippen molar-refractivity contribution in [3.63, 3.8) is 0 Å². The molecule has 2 amide bonds. The van der Waals surface area contributed by atoms with Crippen LogP contribution in [0.15, 0.2) is 21.5 Å². The first-order valence-electron chi connectivity index (χ1n) is 10.2. The van der Waals surface area contributed by atoms with Gasteiger partial charge in [-0.1, -0.05) is 6.07 Å². The van der Waals surface area contributed by atoms with Crippen molar-refractivity contribution in [1.82, 2.24) is 9.78 Å². The minimum absolute atomic E-state index is 0.0540. The number of aromatic nitrogens is 2. The van der Waals surface area contributed by atoms with E-state index in [0.717, 1.165) is 55.3 Å². The Morgan fingerprint density at radius 2 is 2.00 bits per heavy atom. The van der Waals surface area contributed by atoms with Gasteiger partial charge in [0.15, 0.2) is 15.5 Å². The summed E-state index contributed by atoms with van der Waals surface area (Å²) in [6.07, 6.45) is 7.30. The quantitative estimate of drug-likeness (QED) is 0.683. The molecular weight excluding hydrogens is 406 g/mol. The van der Waals surface area contributed by atoms with Crippen molar-refractivity contribution in [2.75, 3.05) is 11.9 Å². The number of amides is 2. The lowest BCUT2D eigenvalue weighted by Gasteiger charge is -2.19. The van der Waals surface area contributed by atoms with Gasteiger partial charge in [-0.15, -0.1) is 4.36 Å². The molecule has 0 saturated heterocycles. The van der Waals surface area contributed by atoms with Crippen LogP contribution in [-0.4, -0.2) is 37.3 Å². The van der Waals surface area contributed by atoms with Gasteiger partial charge in [0, 0.05) is 5.69 Å². The lowest BCUT2D eigenvalue weighted by atomic mass is 9.99. The third-order valence-electron chi connectivity index (χ3n) is 6.16. The van der Waals surface area contributed by atoms with E-state index >= 15 is 0 Å².